The molecule has 1 aromatic rings. The number of halogens is 5. The van der Waals surface area contributed by atoms with Crippen molar-refractivity contribution in [3.63, 3.8) is 0 Å². The Labute approximate surface area is 163 Å². The van der Waals surface area contributed by atoms with E-state index in [2.05, 4.69) is 5.32 Å². The Morgan fingerprint density at radius 3 is 2.27 bits per heavy atom. The number of alkyl halides is 3. The summed E-state index contributed by atoms with van der Waals surface area (Å²) >= 11 is 0. The monoisotopic (exact) mass is 420 g/mol. The molecule has 2 N–H and O–H groups in total. The average molecular weight is 421 g/mol. The Bertz CT molecular complexity index is 556. The first-order chi connectivity index (χ1) is 11.4. The lowest BCUT2D eigenvalue weighted by atomic mass is 9.97. The van der Waals surface area contributed by atoms with Gasteiger partial charge in [0.15, 0.2) is 0 Å². The number of rotatable bonds is 6. The van der Waals surface area contributed by atoms with E-state index < -0.39 is 18.6 Å². The lowest BCUT2D eigenvalue weighted by Crippen LogP contribution is -2.45. The van der Waals surface area contributed by atoms with Crippen molar-refractivity contribution in [3.8, 4) is 17.2 Å². The van der Waals surface area contributed by atoms with Gasteiger partial charge in [0.1, 0.15) is 17.2 Å². The molecule has 0 saturated carbocycles. The van der Waals surface area contributed by atoms with E-state index in [1.54, 1.807) is 6.07 Å². The second-order valence-corrected chi connectivity index (χ2v) is 5.72. The Kier molecular flexibility index (Phi) is 10.5. The lowest BCUT2D eigenvalue weighted by molar-refractivity contribution is -0.138. The zero-order valence-electron chi connectivity index (χ0n) is 14.6. The van der Waals surface area contributed by atoms with Gasteiger partial charge in [-0.15, -0.1) is 24.8 Å². The summed E-state index contributed by atoms with van der Waals surface area (Å²) in [6.07, 6.45) is -5.31. The molecule has 5 nitrogen and oxygen atoms in total. The number of nitrogens with one attached hydrogen (secondary N) is 1. The molecule has 1 fully saturated rings. The summed E-state index contributed by atoms with van der Waals surface area (Å²) in [6, 6.07) is 2.41. The SMILES string of the molecule is COc1cc(O)c([C@H](CCC(F)(F)F)N2CCNCC2)c(OC)c1.Cl.Cl. The molecule has 0 spiro atoms. The van der Waals surface area contributed by atoms with Gasteiger partial charge >= 0.3 is 6.18 Å². The van der Waals surface area contributed by atoms with Crippen LogP contribution < -0.4 is 14.8 Å². The molecule has 0 amide bonds. The van der Waals surface area contributed by atoms with Crippen molar-refractivity contribution in [2.45, 2.75) is 25.1 Å². The molecule has 0 aromatic heterocycles. The molecule has 26 heavy (non-hydrogen) atoms. The van der Waals surface area contributed by atoms with Crippen LogP contribution in [0.1, 0.15) is 24.4 Å². The molecule has 1 aromatic carbocycles. The topological polar surface area (TPSA) is 54.0 Å². The van der Waals surface area contributed by atoms with Gasteiger partial charge in [0.25, 0.3) is 0 Å². The van der Waals surface area contributed by atoms with Crippen molar-refractivity contribution in [1.29, 1.82) is 0 Å². The molecule has 1 aliphatic rings. The van der Waals surface area contributed by atoms with E-state index in [0.717, 1.165) is 0 Å². The summed E-state index contributed by atoms with van der Waals surface area (Å²) in [5, 5.41) is 13.6. The van der Waals surface area contributed by atoms with Gasteiger partial charge < -0.3 is 19.9 Å². The number of hydrogen-bond donors (Lipinski definition) is 2. The summed E-state index contributed by atoms with van der Waals surface area (Å²) in [7, 11) is 2.88. The van der Waals surface area contributed by atoms with Crippen LogP contribution in [-0.4, -0.2) is 56.6 Å². The van der Waals surface area contributed by atoms with E-state index in [4.69, 9.17) is 9.47 Å². The Morgan fingerprint density at radius 2 is 1.77 bits per heavy atom. The second-order valence-electron chi connectivity index (χ2n) is 5.72. The van der Waals surface area contributed by atoms with Crippen LogP contribution in [0.15, 0.2) is 12.1 Å². The second kappa shape index (κ2) is 10.9. The molecule has 152 valence electrons. The third-order valence-electron chi connectivity index (χ3n) is 4.18. The van der Waals surface area contributed by atoms with Crippen LogP contribution in [0.2, 0.25) is 0 Å². The summed E-state index contributed by atoms with van der Waals surface area (Å²) in [5.41, 5.74) is 0.379. The van der Waals surface area contributed by atoms with Crippen molar-refractivity contribution in [1.82, 2.24) is 10.2 Å². The molecule has 0 unspecified atom stereocenters. The summed E-state index contributed by atoms with van der Waals surface area (Å²) in [4.78, 5) is 1.95. The van der Waals surface area contributed by atoms with Gasteiger partial charge in [-0.3, -0.25) is 4.90 Å². The number of ether oxygens (including phenoxy) is 2. The number of methoxy groups -OCH3 is 2. The van der Waals surface area contributed by atoms with E-state index in [1.165, 1.54) is 20.3 Å². The normalized spacial score (nSPS) is 16.2. The third-order valence-corrected chi connectivity index (χ3v) is 4.18. The highest BCUT2D eigenvalue weighted by Crippen LogP contribution is 2.43. The number of phenols is 1. The predicted octanol–water partition coefficient (Wildman–Crippen LogP) is 3.54. The van der Waals surface area contributed by atoms with Crippen LogP contribution in [0.25, 0.3) is 0 Å². The number of nitrogens with zero attached hydrogens (tertiary/aromatic N) is 1. The smallest absolute Gasteiger partial charge is 0.389 e. The standard InChI is InChI=1S/C16H23F3N2O3.2ClH/c1-23-11-9-13(22)15(14(10-11)24-2)12(3-4-16(17,18)19)21-7-5-20-6-8-21;;/h9-10,12,20,22H,3-8H2,1-2H3;2*1H/t12-;;/m0../s1. The van der Waals surface area contributed by atoms with Gasteiger partial charge in [0.05, 0.1) is 19.8 Å². The van der Waals surface area contributed by atoms with Gasteiger partial charge in [-0.25, -0.2) is 0 Å². The van der Waals surface area contributed by atoms with Crippen LogP contribution in [0.5, 0.6) is 17.2 Å². The van der Waals surface area contributed by atoms with Crippen molar-refractivity contribution in [2.24, 2.45) is 0 Å². The molecule has 1 saturated heterocycles. The first kappa shape index (κ1) is 24.9. The number of aromatic hydroxyl groups is 1. The predicted molar refractivity (Wildman–Crippen MR) is 98.2 cm³/mol. The van der Waals surface area contributed by atoms with Crippen molar-refractivity contribution >= 4 is 24.8 Å². The molecule has 2 rings (SSSR count). The van der Waals surface area contributed by atoms with Gasteiger partial charge in [0, 0.05) is 50.8 Å². The number of hydrogen-bond acceptors (Lipinski definition) is 5. The molecular formula is C16H25Cl2F3N2O3. The number of piperazine rings is 1. The fourth-order valence-corrected chi connectivity index (χ4v) is 3.01. The maximum absolute atomic E-state index is 12.8. The van der Waals surface area contributed by atoms with Gasteiger partial charge in [-0.05, 0) is 6.42 Å². The highest BCUT2D eigenvalue weighted by Gasteiger charge is 2.34. The number of benzene rings is 1. The minimum Gasteiger partial charge on any atom is -0.507 e. The van der Waals surface area contributed by atoms with Crippen molar-refractivity contribution in [3.05, 3.63) is 17.7 Å². The molecular weight excluding hydrogens is 396 g/mol. The summed E-state index contributed by atoms with van der Waals surface area (Å²) in [6.45, 7) is 2.61. The minimum absolute atomic E-state index is 0. The molecule has 1 atom stereocenters. The zero-order valence-corrected chi connectivity index (χ0v) is 16.3. The van der Waals surface area contributed by atoms with Crippen LogP contribution in [0, 0.1) is 0 Å². The van der Waals surface area contributed by atoms with E-state index in [9.17, 15) is 18.3 Å². The Hall–Kier alpha value is -1.09. The molecule has 1 aliphatic heterocycles. The van der Waals surface area contributed by atoms with E-state index >= 15 is 0 Å². The largest absolute Gasteiger partial charge is 0.507 e. The van der Waals surface area contributed by atoms with Crippen LogP contribution in [-0.2, 0) is 0 Å². The Morgan fingerprint density at radius 1 is 1.15 bits per heavy atom. The molecule has 10 heteroatoms. The fourth-order valence-electron chi connectivity index (χ4n) is 3.01. The molecule has 0 bridgehead atoms. The van der Waals surface area contributed by atoms with Gasteiger partial charge in [-0.1, -0.05) is 0 Å². The molecule has 1 heterocycles. The van der Waals surface area contributed by atoms with E-state index in [0.29, 0.717) is 43.2 Å². The first-order valence-corrected chi connectivity index (χ1v) is 7.82. The van der Waals surface area contributed by atoms with E-state index in [-0.39, 0.29) is 37.0 Å². The fraction of sp³-hybridized carbons (Fsp3) is 0.625. The molecule has 0 radical (unpaired) electrons. The highest BCUT2D eigenvalue weighted by molar-refractivity contribution is 5.85. The molecule has 0 aliphatic carbocycles. The van der Waals surface area contributed by atoms with Gasteiger partial charge in [-0.2, -0.15) is 13.2 Å². The van der Waals surface area contributed by atoms with Gasteiger partial charge in [0.2, 0.25) is 0 Å². The van der Waals surface area contributed by atoms with Crippen LogP contribution >= 0.6 is 24.8 Å². The quantitative estimate of drug-likeness (QED) is 0.736. The van der Waals surface area contributed by atoms with Crippen molar-refractivity contribution in [2.75, 3.05) is 40.4 Å². The zero-order chi connectivity index (χ0) is 17.7. The van der Waals surface area contributed by atoms with Crippen molar-refractivity contribution < 1.29 is 27.8 Å². The van der Waals surface area contributed by atoms with E-state index in [1.807, 2.05) is 4.90 Å². The maximum Gasteiger partial charge on any atom is 0.389 e. The maximum atomic E-state index is 12.8. The lowest BCUT2D eigenvalue weighted by Gasteiger charge is -2.36. The third kappa shape index (κ3) is 6.57. The number of phenolic OH excluding ortho intramolecular Hbond substituents is 1. The Balaban J connectivity index is 0.00000312. The highest BCUT2D eigenvalue weighted by atomic mass is 35.5. The summed E-state index contributed by atoms with van der Waals surface area (Å²) < 4.78 is 48.7. The first-order valence-electron chi connectivity index (χ1n) is 7.82. The average Bonchev–Trinajstić information content (AvgIpc) is 2.55. The minimum atomic E-state index is -4.25. The van der Waals surface area contributed by atoms with Crippen LogP contribution in [0.4, 0.5) is 13.2 Å². The summed E-state index contributed by atoms with van der Waals surface area (Å²) in [5.74, 6) is 0.609. The van der Waals surface area contributed by atoms with Crippen LogP contribution in [0.3, 0.4) is 0 Å².